The van der Waals surface area contributed by atoms with Gasteiger partial charge in [-0.3, -0.25) is 9.69 Å². The van der Waals surface area contributed by atoms with Crippen LogP contribution in [-0.4, -0.2) is 17.4 Å². The van der Waals surface area contributed by atoms with Gasteiger partial charge in [0.05, 0.1) is 5.69 Å². The van der Waals surface area contributed by atoms with Crippen molar-refractivity contribution >= 4 is 22.4 Å². The number of aryl methyl sites for hydroxylation is 1. The van der Waals surface area contributed by atoms with Crippen molar-refractivity contribution in [2.45, 2.75) is 13.3 Å². The number of benzene rings is 3. The predicted molar refractivity (Wildman–Crippen MR) is 121 cm³/mol. The van der Waals surface area contributed by atoms with Crippen LogP contribution in [-0.2, 0) is 6.42 Å². The molecule has 144 valence electrons. The smallest absolute Gasteiger partial charge is 0.260 e. The van der Waals surface area contributed by atoms with Crippen LogP contribution in [0.5, 0.6) is 0 Å². The SMILES string of the molecule is Cc1ccccc1C(=O)N(CCc1ccccc1)c1nc(-c2ccccc2)cs1. The Hall–Kier alpha value is -3.24. The minimum atomic E-state index is -0.00649. The molecule has 0 aliphatic rings. The Morgan fingerprint density at radius 3 is 2.28 bits per heavy atom. The molecular formula is C25H22N2OS. The fourth-order valence-corrected chi connectivity index (χ4v) is 4.12. The number of thiazole rings is 1. The lowest BCUT2D eigenvalue weighted by molar-refractivity contribution is 0.0986. The van der Waals surface area contributed by atoms with E-state index in [0.717, 1.165) is 33.9 Å². The van der Waals surface area contributed by atoms with Crippen LogP contribution in [0.25, 0.3) is 11.3 Å². The normalized spacial score (nSPS) is 10.7. The number of nitrogens with zero attached hydrogens (tertiary/aromatic N) is 2. The van der Waals surface area contributed by atoms with Crippen LogP contribution in [0.4, 0.5) is 5.13 Å². The van der Waals surface area contributed by atoms with E-state index >= 15 is 0 Å². The van der Waals surface area contributed by atoms with Crippen molar-refractivity contribution in [3.05, 3.63) is 107 Å². The number of hydrogen-bond donors (Lipinski definition) is 0. The summed E-state index contributed by atoms with van der Waals surface area (Å²) in [7, 11) is 0. The predicted octanol–water partition coefficient (Wildman–Crippen LogP) is 6.01. The number of hydrogen-bond acceptors (Lipinski definition) is 3. The number of carbonyl (C=O) groups excluding carboxylic acids is 1. The van der Waals surface area contributed by atoms with Gasteiger partial charge >= 0.3 is 0 Å². The number of carbonyl (C=O) groups is 1. The Bertz CT molecular complexity index is 1090. The van der Waals surface area contributed by atoms with Crippen molar-refractivity contribution in [2.24, 2.45) is 0 Å². The summed E-state index contributed by atoms with van der Waals surface area (Å²) < 4.78 is 0. The summed E-state index contributed by atoms with van der Waals surface area (Å²) in [6.45, 7) is 2.55. The molecule has 0 radical (unpaired) electrons. The summed E-state index contributed by atoms with van der Waals surface area (Å²) in [6.07, 6.45) is 0.776. The van der Waals surface area contributed by atoms with Gasteiger partial charge in [0.2, 0.25) is 0 Å². The zero-order chi connectivity index (χ0) is 20.1. The molecule has 0 atom stereocenters. The number of anilines is 1. The topological polar surface area (TPSA) is 33.2 Å². The van der Waals surface area contributed by atoms with Crippen molar-refractivity contribution in [1.82, 2.24) is 4.98 Å². The summed E-state index contributed by atoms with van der Waals surface area (Å²) in [5.41, 5.74) is 4.85. The average Bonchev–Trinajstić information content (AvgIpc) is 3.25. The van der Waals surface area contributed by atoms with Crippen LogP contribution in [0, 0.1) is 6.92 Å². The van der Waals surface area contributed by atoms with Crippen molar-refractivity contribution in [3.63, 3.8) is 0 Å². The maximum atomic E-state index is 13.4. The summed E-state index contributed by atoms with van der Waals surface area (Å²) >= 11 is 1.51. The third kappa shape index (κ3) is 4.44. The third-order valence-corrected chi connectivity index (χ3v) is 5.74. The highest BCUT2D eigenvalue weighted by molar-refractivity contribution is 7.14. The van der Waals surface area contributed by atoms with Crippen molar-refractivity contribution in [3.8, 4) is 11.3 Å². The Morgan fingerprint density at radius 1 is 0.897 bits per heavy atom. The molecule has 1 heterocycles. The van der Waals surface area contributed by atoms with Gasteiger partial charge in [-0.25, -0.2) is 4.98 Å². The maximum Gasteiger partial charge on any atom is 0.260 e. The first-order chi connectivity index (χ1) is 14.2. The molecular weight excluding hydrogens is 376 g/mol. The van der Waals surface area contributed by atoms with Crippen LogP contribution in [0.3, 0.4) is 0 Å². The van der Waals surface area contributed by atoms with Crippen molar-refractivity contribution in [1.29, 1.82) is 0 Å². The molecule has 3 aromatic carbocycles. The molecule has 4 heteroatoms. The van der Waals surface area contributed by atoms with Crippen LogP contribution < -0.4 is 4.90 Å². The Balaban J connectivity index is 1.65. The van der Waals surface area contributed by atoms with Gasteiger partial charge in [-0.05, 0) is 30.5 Å². The summed E-state index contributed by atoms with van der Waals surface area (Å²) in [5, 5.41) is 2.75. The van der Waals surface area contributed by atoms with E-state index in [2.05, 4.69) is 12.1 Å². The van der Waals surface area contributed by atoms with E-state index < -0.39 is 0 Å². The van der Waals surface area contributed by atoms with E-state index in [4.69, 9.17) is 4.98 Å². The zero-order valence-corrected chi connectivity index (χ0v) is 17.1. The highest BCUT2D eigenvalue weighted by Crippen LogP contribution is 2.29. The van der Waals surface area contributed by atoms with Crippen molar-refractivity contribution in [2.75, 3.05) is 11.4 Å². The van der Waals surface area contributed by atoms with Crippen LogP contribution in [0.15, 0.2) is 90.3 Å². The molecule has 29 heavy (non-hydrogen) atoms. The van der Waals surface area contributed by atoms with Crippen LogP contribution >= 0.6 is 11.3 Å². The number of rotatable bonds is 6. The van der Waals surface area contributed by atoms with Gasteiger partial charge < -0.3 is 0 Å². The summed E-state index contributed by atoms with van der Waals surface area (Å²) in [5.74, 6) is -0.00649. The molecule has 0 saturated carbocycles. The highest BCUT2D eigenvalue weighted by Gasteiger charge is 2.22. The van der Waals surface area contributed by atoms with Gasteiger partial charge in [0, 0.05) is 23.1 Å². The molecule has 0 spiro atoms. The lowest BCUT2D eigenvalue weighted by atomic mass is 10.1. The fraction of sp³-hybridized carbons (Fsp3) is 0.120. The van der Waals surface area contributed by atoms with E-state index in [9.17, 15) is 4.79 Å². The standard InChI is InChI=1S/C25H22N2OS/c1-19-10-8-9-15-22(19)24(28)27(17-16-20-11-4-2-5-12-20)25-26-23(18-29-25)21-13-6-3-7-14-21/h2-15,18H,16-17H2,1H3. The largest absolute Gasteiger partial charge is 0.284 e. The van der Waals surface area contributed by atoms with Gasteiger partial charge in [0.15, 0.2) is 5.13 Å². The monoisotopic (exact) mass is 398 g/mol. The van der Waals surface area contributed by atoms with Gasteiger partial charge in [-0.2, -0.15) is 0 Å². The molecule has 3 nitrogen and oxygen atoms in total. The molecule has 0 aliphatic carbocycles. The lowest BCUT2D eigenvalue weighted by Gasteiger charge is -2.21. The quantitative estimate of drug-likeness (QED) is 0.399. The number of amides is 1. The van der Waals surface area contributed by atoms with Gasteiger partial charge in [-0.15, -0.1) is 11.3 Å². The third-order valence-electron chi connectivity index (χ3n) is 4.88. The first-order valence-corrected chi connectivity index (χ1v) is 10.5. The van der Waals surface area contributed by atoms with Crippen LogP contribution in [0.1, 0.15) is 21.5 Å². The first-order valence-electron chi connectivity index (χ1n) is 9.65. The minimum Gasteiger partial charge on any atom is -0.284 e. The van der Waals surface area contributed by atoms with E-state index in [-0.39, 0.29) is 5.91 Å². The van der Waals surface area contributed by atoms with Gasteiger partial charge in [-0.1, -0.05) is 78.9 Å². The molecule has 1 aromatic heterocycles. The molecule has 0 bridgehead atoms. The lowest BCUT2D eigenvalue weighted by Crippen LogP contribution is -2.33. The Kier molecular flexibility index (Phi) is 5.82. The molecule has 0 saturated heterocycles. The summed E-state index contributed by atoms with van der Waals surface area (Å²) in [4.78, 5) is 20.0. The van der Waals surface area contributed by atoms with Crippen LogP contribution in [0.2, 0.25) is 0 Å². The molecule has 4 aromatic rings. The fourth-order valence-electron chi connectivity index (χ4n) is 3.26. The second-order valence-corrected chi connectivity index (χ2v) is 7.73. The van der Waals surface area contributed by atoms with E-state index in [1.165, 1.54) is 16.9 Å². The van der Waals surface area contributed by atoms with E-state index in [0.29, 0.717) is 6.54 Å². The second-order valence-electron chi connectivity index (χ2n) is 6.89. The first kappa shape index (κ1) is 19.1. The average molecular weight is 399 g/mol. The summed E-state index contributed by atoms with van der Waals surface area (Å²) in [6, 6.07) is 28.0. The van der Waals surface area contributed by atoms with Gasteiger partial charge in [0.25, 0.3) is 5.91 Å². The molecule has 0 fully saturated rings. The molecule has 0 unspecified atom stereocenters. The second kappa shape index (κ2) is 8.84. The molecule has 0 N–H and O–H groups in total. The highest BCUT2D eigenvalue weighted by atomic mass is 32.1. The molecule has 1 amide bonds. The molecule has 0 aliphatic heterocycles. The minimum absolute atomic E-state index is 0.00649. The van der Waals surface area contributed by atoms with E-state index in [1.807, 2.05) is 90.0 Å². The van der Waals surface area contributed by atoms with Crippen molar-refractivity contribution < 1.29 is 4.79 Å². The molecule has 4 rings (SSSR count). The van der Waals surface area contributed by atoms with Gasteiger partial charge in [0.1, 0.15) is 0 Å². The maximum absolute atomic E-state index is 13.4. The zero-order valence-electron chi connectivity index (χ0n) is 16.3. The Morgan fingerprint density at radius 2 is 1.55 bits per heavy atom. The number of aromatic nitrogens is 1. The van der Waals surface area contributed by atoms with E-state index in [1.54, 1.807) is 0 Å². The Labute approximate surface area is 175 Å².